The van der Waals surface area contributed by atoms with Crippen molar-refractivity contribution < 1.29 is 4.74 Å². The highest BCUT2D eigenvalue weighted by Crippen LogP contribution is 2.36. The van der Waals surface area contributed by atoms with Crippen LogP contribution in [-0.2, 0) is 4.74 Å². The normalized spacial score (nSPS) is 49.8. The second-order valence-electron chi connectivity index (χ2n) is 6.38. The fraction of sp³-hybridized carbons (Fsp3) is 1.00. The molecule has 0 aromatic carbocycles. The Balaban J connectivity index is 1.39. The van der Waals surface area contributed by atoms with Gasteiger partial charge in [-0.25, -0.2) is 0 Å². The van der Waals surface area contributed by atoms with Gasteiger partial charge < -0.3 is 10.1 Å². The lowest BCUT2D eigenvalue weighted by atomic mass is 9.92. The number of nitrogens with zero attached hydrogens (tertiary/aromatic N) is 1. The average molecular weight is 236 g/mol. The first-order chi connectivity index (χ1) is 8.40. The monoisotopic (exact) mass is 236 g/mol. The summed E-state index contributed by atoms with van der Waals surface area (Å²) in [5, 5.41) is 3.94. The second kappa shape index (κ2) is 4.22. The number of fused-ring (bicyclic) bond motifs is 3. The molecule has 0 aliphatic carbocycles. The Kier molecular flexibility index (Phi) is 2.67. The number of piperidine rings is 1. The molecule has 0 aromatic heterocycles. The van der Waals surface area contributed by atoms with Crippen molar-refractivity contribution in [2.24, 2.45) is 0 Å². The van der Waals surface area contributed by atoms with Gasteiger partial charge >= 0.3 is 0 Å². The number of hydrogen-bond donors (Lipinski definition) is 1. The van der Waals surface area contributed by atoms with Crippen molar-refractivity contribution in [3.8, 4) is 0 Å². The lowest BCUT2D eigenvalue weighted by Gasteiger charge is -2.34. The topological polar surface area (TPSA) is 24.5 Å². The first-order valence-electron chi connectivity index (χ1n) is 7.56. The van der Waals surface area contributed by atoms with Crippen LogP contribution >= 0.6 is 0 Å². The van der Waals surface area contributed by atoms with Gasteiger partial charge in [-0.15, -0.1) is 0 Å². The molecule has 1 N–H and O–H groups in total. The molecule has 5 atom stereocenters. The third-order valence-corrected chi connectivity index (χ3v) is 5.39. The predicted molar refractivity (Wildman–Crippen MR) is 67.1 cm³/mol. The summed E-state index contributed by atoms with van der Waals surface area (Å²) in [6, 6.07) is 2.26. The van der Waals surface area contributed by atoms with E-state index in [4.69, 9.17) is 4.74 Å². The molecule has 4 fully saturated rings. The van der Waals surface area contributed by atoms with E-state index in [1.54, 1.807) is 0 Å². The van der Waals surface area contributed by atoms with Gasteiger partial charge in [0.05, 0.1) is 12.2 Å². The molecule has 0 radical (unpaired) electrons. The van der Waals surface area contributed by atoms with Crippen LogP contribution in [0.5, 0.6) is 0 Å². The summed E-state index contributed by atoms with van der Waals surface area (Å²) in [7, 11) is 0. The standard InChI is InChI=1S/C14H24N2O/c1-2-7-16-8-6-11(13(16)3-1)15-12-9-10-4-5-14(12)17-10/h10-15H,1-9H2. The average Bonchev–Trinajstić information content (AvgIpc) is 3.05. The third-order valence-electron chi connectivity index (χ3n) is 5.39. The highest BCUT2D eigenvalue weighted by molar-refractivity contribution is 5.00. The van der Waals surface area contributed by atoms with Crippen LogP contribution in [0.1, 0.15) is 44.9 Å². The van der Waals surface area contributed by atoms with Crippen molar-refractivity contribution in [1.82, 2.24) is 10.2 Å². The van der Waals surface area contributed by atoms with Gasteiger partial charge in [-0.3, -0.25) is 4.90 Å². The summed E-state index contributed by atoms with van der Waals surface area (Å²) in [5.41, 5.74) is 0. The van der Waals surface area contributed by atoms with E-state index in [1.165, 1.54) is 58.0 Å². The van der Waals surface area contributed by atoms with Crippen molar-refractivity contribution in [1.29, 1.82) is 0 Å². The van der Waals surface area contributed by atoms with E-state index in [2.05, 4.69) is 10.2 Å². The zero-order valence-electron chi connectivity index (χ0n) is 10.6. The van der Waals surface area contributed by atoms with Gasteiger partial charge in [0.1, 0.15) is 0 Å². The SMILES string of the molecule is C1CCN2CCC(NC3CC4CCC3O4)C2C1. The molecule has 0 spiro atoms. The fourth-order valence-corrected chi connectivity index (χ4v) is 4.53. The number of ether oxygens (including phenoxy) is 1. The summed E-state index contributed by atoms with van der Waals surface area (Å²) < 4.78 is 5.96. The van der Waals surface area contributed by atoms with E-state index in [-0.39, 0.29) is 0 Å². The highest BCUT2D eigenvalue weighted by atomic mass is 16.5. The fourth-order valence-electron chi connectivity index (χ4n) is 4.53. The Morgan fingerprint density at radius 3 is 2.76 bits per heavy atom. The molecular formula is C14H24N2O. The number of nitrogens with one attached hydrogen (secondary N) is 1. The van der Waals surface area contributed by atoms with Crippen molar-refractivity contribution in [2.75, 3.05) is 13.1 Å². The molecule has 3 heteroatoms. The van der Waals surface area contributed by atoms with Gasteiger partial charge in [-0.1, -0.05) is 6.42 Å². The minimum Gasteiger partial charge on any atom is -0.373 e. The molecule has 3 nitrogen and oxygen atoms in total. The number of rotatable bonds is 2. The van der Waals surface area contributed by atoms with Crippen LogP contribution < -0.4 is 5.32 Å². The second-order valence-corrected chi connectivity index (χ2v) is 6.38. The largest absolute Gasteiger partial charge is 0.373 e. The maximum Gasteiger partial charge on any atom is 0.0733 e. The Morgan fingerprint density at radius 2 is 1.94 bits per heavy atom. The Labute approximate surface area is 104 Å². The lowest BCUT2D eigenvalue weighted by Crippen LogP contribution is -2.50. The van der Waals surface area contributed by atoms with E-state index in [9.17, 15) is 0 Å². The predicted octanol–water partition coefficient (Wildman–Crippen LogP) is 1.52. The molecule has 2 bridgehead atoms. The third kappa shape index (κ3) is 1.83. The van der Waals surface area contributed by atoms with E-state index < -0.39 is 0 Å². The Bertz CT molecular complexity index is 296. The molecule has 4 aliphatic heterocycles. The summed E-state index contributed by atoms with van der Waals surface area (Å²) >= 11 is 0. The molecule has 4 heterocycles. The molecular weight excluding hydrogens is 212 g/mol. The van der Waals surface area contributed by atoms with Crippen LogP contribution in [0, 0.1) is 0 Å². The summed E-state index contributed by atoms with van der Waals surface area (Å²) in [4.78, 5) is 2.72. The lowest BCUT2D eigenvalue weighted by molar-refractivity contribution is 0.0939. The molecule has 5 unspecified atom stereocenters. The smallest absolute Gasteiger partial charge is 0.0733 e. The van der Waals surface area contributed by atoms with Gasteiger partial charge in [-0.2, -0.15) is 0 Å². The molecule has 4 aliphatic rings. The van der Waals surface area contributed by atoms with Crippen molar-refractivity contribution in [2.45, 2.75) is 75.3 Å². The minimum absolute atomic E-state index is 0.539. The van der Waals surface area contributed by atoms with Crippen molar-refractivity contribution in [3.05, 3.63) is 0 Å². The maximum absolute atomic E-state index is 5.96. The zero-order chi connectivity index (χ0) is 11.2. The number of hydrogen-bond acceptors (Lipinski definition) is 3. The van der Waals surface area contributed by atoms with E-state index in [1.807, 2.05) is 0 Å². The summed E-state index contributed by atoms with van der Waals surface area (Å²) in [6.07, 6.45) is 10.6. The van der Waals surface area contributed by atoms with E-state index in [0.717, 1.165) is 12.1 Å². The summed E-state index contributed by atoms with van der Waals surface area (Å²) in [5.74, 6) is 0. The molecule has 96 valence electrons. The Morgan fingerprint density at radius 1 is 0.941 bits per heavy atom. The maximum atomic E-state index is 5.96. The van der Waals surface area contributed by atoms with Crippen molar-refractivity contribution in [3.63, 3.8) is 0 Å². The van der Waals surface area contributed by atoms with Crippen LogP contribution in [0.25, 0.3) is 0 Å². The molecule has 17 heavy (non-hydrogen) atoms. The van der Waals surface area contributed by atoms with Crippen LogP contribution in [0.2, 0.25) is 0 Å². The first-order valence-corrected chi connectivity index (χ1v) is 7.56. The quantitative estimate of drug-likeness (QED) is 0.787. The van der Waals surface area contributed by atoms with Gasteiger partial charge in [0.25, 0.3) is 0 Å². The minimum atomic E-state index is 0.539. The van der Waals surface area contributed by atoms with Gasteiger partial charge in [0.2, 0.25) is 0 Å². The molecule has 0 saturated carbocycles. The highest BCUT2D eigenvalue weighted by Gasteiger charge is 2.44. The van der Waals surface area contributed by atoms with Crippen LogP contribution in [0.3, 0.4) is 0 Å². The summed E-state index contributed by atoms with van der Waals surface area (Å²) in [6.45, 7) is 2.67. The molecule has 0 aromatic rings. The van der Waals surface area contributed by atoms with Crippen LogP contribution in [0.15, 0.2) is 0 Å². The molecule has 0 amide bonds. The van der Waals surface area contributed by atoms with E-state index >= 15 is 0 Å². The molecule has 4 saturated heterocycles. The van der Waals surface area contributed by atoms with Crippen molar-refractivity contribution >= 4 is 0 Å². The van der Waals surface area contributed by atoms with E-state index in [0.29, 0.717) is 18.2 Å². The van der Waals surface area contributed by atoms with Gasteiger partial charge in [0.15, 0.2) is 0 Å². The van der Waals surface area contributed by atoms with Crippen LogP contribution in [-0.4, -0.2) is 48.3 Å². The van der Waals surface area contributed by atoms with Gasteiger partial charge in [0, 0.05) is 24.7 Å². The van der Waals surface area contributed by atoms with Gasteiger partial charge in [-0.05, 0) is 45.1 Å². The zero-order valence-corrected chi connectivity index (χ0v) is 10.6. The Hall–Kier alpha value is -0.120. The molecule has 4 rings (SSSR count). The van der Waals surface area contributed by atoms with Crippen LogP contribution in [0.4, 0.5) is 0 Å². The first kappa shape index (κ1) is 10.8.